The Hall–Kier alpha value is -3.74. The fraction of sp³-hybridized carbons (Fsp3) is 0.217. The molecule has 0 aliphatic rings. The van der Waals surface area contributed by atoms with Crippen LogP contribution in [0.4, 0.5) is 0 Å². The molecule has 0 unspecified atom stereocenters. The summed E-state index contributed by atoms with van der Waals surface area (Å²) >= 11 is 0. The van der Waals surface area contributed by atoms with Crippen molar-refractivity contribution in [3.05, 3.63) is 83.0 Å². The monoisotopic (exact) mass is 401 g/mol. The van der Waals surface area contributed by atoms with Crippen molar-refractivity contribution in [3.63, 3.8) is 0 Å². The molecule has 0 atom stereocenters. The first-order valence-corrected chi connectivity index (χ1v) is 9.73. The SMILES string of the molecule is CC(C)(C)n1ncc2c(=O)n(NC(=O)Cc3ccc(-c4ccccc4)cc3)cnc21. The summed E-state index contributed by atoms with van der Waals surface area (Å²) < 4.78 is 2.81. The molecule has 7 heteroatoms. The Morgan fingerprint density at radius 1 is 1.00 bits per heavy atom. The van der Waals surface area contributed by atoms with Crippen molar-refractivity contribution in [1.29, 1.82) is 0 Å². The van der Waals surface area contributed by atoms with Crippen LogP contribution >= 0.6 is 0 Å². The number of carbonyl (C=O) groups excluding carboxylic acids is 1. The van der Waals surface area contributed by atoms with Crippen LogP contribution in [0.5, 0.6) is 0 Å². The molecule has 0 radical (unpaired) electrons. The Kier molecular flexibility index (Phi) is 4.95. The molecular weight excluding hydrogens is 378 g/mol. The molecule has 0 aliphatic heterocycles. The van der Waals surface area contributed by atoms with Gasteiger partial charge < -0.3 is 0 Å². The van der Waals surface area contributed by atoms with Gasteiger partial charge in [-0.05, 0) is 37.5 Å². The van der Waals surface area contributed by atoms with Gasteiger partial charge in [0.2, 0.25) is 5.91 Å². The summed E-state index contributed by atoms with van der Waals surface area (Å²) in [6.45, 7) is 5.95. The van der Waals surface area contributed by atoms with Gasteiger partial charge in [0.05, 0.1) is 18.2 Å². The average Bonchev–Trinajstić information content (AvgIpc) is 3.17. The van der Waals surface area contributed by atoms with Crippen molar-refractivity contribution in [2.75, 3.05) is 5.43 Å². The highest BCUT2D eigenvalue weighted by atomic mass is 16.2. The summed E-state index contributed by atoms with van der Waals surface area (Å²) in [5.41, 5.74) is 5.51. The van der Waals surface area contributed by atoms with Crippen LogP contribution in [0.1, 0.15) is 26.3 Å². The quantitative estimate of drug-likeness (QED) is 0.569. The smallest absolute Gasteiger partial charge is 0.273 e. The molecule has 7 nitrogen and oxygen atoms in total. The largest absolute Gasteiger partial charge is 0.283 e. The number of carbonyl (C=O) groups is 1. The Morgan fingerprint density at radius 2 is 1.67 bits per heavy atom. The zero-order chi connectivity index (χ0) is 21.3. The topological polar surface area (TPSA) is 81.8 Å². The van der Waals surface area contributed by atoms with Gasteiger partial charge in [0.1, 0.15) is 11.7 Å². The molecule has 1 N–H and O–H groups in total. The number of fused-ring (bicyclic) bond motifs is 1. The summed E-state index contributed by atoms with van der Waals surface area (Å²) in [6, 6.07) is 17.8. The molecule has 0 saturated heterocycles. The minimum atomic E-state index is -0.358. The van der Waals surface area contributed by atoms with Gasteiger partial charge >= 0.3 is 0 Å². The maximum absolute atomic E-state index is 12.7. The molecule has 4 rings (SSSR count). The van der Waals surface area contributed by atoms with Crippen LogP contribution in [0, 0.1) is 0 Å². The average molecular weight is 401 g/mol. The van der Waals surface area contributed by atoms with Crippen LogP contribution < -0.4 is 11.0 Å². The second kappa shape index (κ2) is 7.59. The number of amides is 1. The van der Waals surface area contributed by atoms with Gasteiger partial charge in [-0.3, -0.25) is 15.0 Å². The van der Waals surface area contributed by atoms with E-state index in [2.05, 4.69) is 15.5 Å². The lowest BCUT2D eigenvalue weighted by Gasteiger charge is -2.19. The second-order valence-corrected chi connectivity index (χ2v) is 8.16. The fourth-order valence-corrected chi connectivity index (χ4v) is 3.29. The second-order valence-electron chi connectivity index (χ2n) is 8.16. The summed E-state index contributed by atoms with van der Waals surface area (Å²) in [4.78, 5) is 29.5. The Balaban J connectivity index is 1.50. The van der Waals surface area contributed by atoms with Gasteiger partial charge in [-0.15, -0.1) is 0 Å². The minimum absolute atomic E-state index is 0.154. The summed E-state index contributed by atoms with van der Waals surface area (Å²) in [5.74, 6) is -0.297. The number of hydrogen-bond acceptors (Lipinski definition) is 4. The zero-order valence-electron chi connectivity index (χ0n) is 17.2. The number of rotatable bonds is 4. The van der Waals surface area contributed by atoms with Gasteiger partial charge in [0.15, 0.2) is 5.65 Å². The molecule has 152 valence electrons. The van der Waals surface area contributed by atoms with Crippen LogP contribution in [-0.2, 0) is 16.8 Å². The lowest BCUT2D eigenvalue weighted by atomic mass is 10.0. The van der Waals surface area contributed by atoms with E-state index in [0.29, 0.717) is 11.0 Å². The van der Waals surface area contributed by atoms with Gasteiger partial charge in [-0.2, -0.15) is 5.10 Å². The fourth-order valence-electron chi connectivity index (χ4n) is 3.29. The van der Waals surface area contributed by atoms with Crippen LogP contribution in [-0.4, -0.2) is 25.3 Å². The number of nitrogens with one attached hydrogen (secondary N) is 1. The first-order chi connectivity index (χ1) is 14.3. The molecule has 0 fully saturated rings. The molecule has 0 saturated carbocycles. The maximum atomic E-state index is 12.7. The standard InChI is InChI=1S/C23H23N5O2/c1-23(2,3)28-21-19(14-25-28)22(30)27(15-24-21)26-20(29)13-16-9-11-18(12-10-16)17-7-5-4-6-8-17/h4-12,14-15H,13H2,1-3H3,(H,26,29). The van der Waals surface area contributed by atoms with E-state index in [0.717, 1.165) is 21.4 Å². The van der Waals surface area contributed by atoms with Crippen LogP contribution in [0.3, 0.4) is 0 Å². The lowest BCUT2D eigenvalue weighted by Crippen LogP contribution is -2.34. The molecule has 0 bridgehead atoms. The zero-order valence-corrected chi connectivity index (χ0v) is 17.2. The third-order valence-electron chi connectivity index (χ3n) is 4.79. The van der Waals surface area contributed by atoms with Crippen molar-refractivity contribution in [3.8, 4) is 11.1 Å². The van der Waals surface area contributed by atoms with Crippen molar-refractivity contribution in [1.82, 2.24) is 19.4 Å². The first kappa shape index (κ1) is 19.6. The third kappa shape index (κ3) is 3.87. The molecule has 0 aliphatic carbocycles. The van der Waals surface area contributed by atoms with Gasteiger partial charge in [0.25, 0.3) is 5.56 Å². The third-order valence-corrected chi connectivity index (χ3v) is 4.79. The highest BCUT2D eigenvalue weighted by Gasteiger charge is 2.20. The molecule has 0 spiro atoms. The van der Waals surface area contributed by atoms with E-state index in [9.17, 15) is 9.59 Å². The number of nitrogens with zero attached hydrogens (tertiary/aromatic N) is 4. The Bertz CT molecular complexity index is 1250. The molecule has 2 aromatic heterocycles. The van der Waals surface area contributed by atoms with Crippen molar-refractivity contribution >= 4 is 16.9 Å². The van der Waals surface area contributed by atoms with Crippen molar-refractivity contribution in [2.24, 2.45) is 0 Å². The molecule has 30 heavy (non-hydrogen) atoms. The normalized spacial score (nSPS) is 11.6. The Morgan fingerprint density at radius 3 is 2.33 bits per heavy atom. The summed E-state index contributed by atoms with van der Waals surface area (Å²) in [6.07, 6.45) is 2.96. The highest BCUT2D eigenvalue weighted by Crippen LogP contribution is 2.20. The minimum Gasteiger partial charge on any atom is -0.273 e. The van der Waals surface area contributed by atoms with E-state index in [1.54, 1.807) is 4.68 Å². The predicted molar refractivity (Wildman–Crippen MR) is 117 cm³/mol. The van der Waals surface area contributed by atoms with E-state index in [1.807, 2.05) is 75.4 Å². The van der Waals surface area contributed by atoms with Crippen molar-refractivity contribution < 1.29 is 4.79 Å². The predicted octanol–water partition coefficient (Wildman–Crippen LogP) is 3.33. The Labute approximate surface area is 174 Å². The summed E-state index contributed by atoms with van der Waals surface area (Å²) in [7, 11) is 0. The van der Waals surface area contributed by atoms with Gasteiger partial charge in [-0.25, -0.2) is 14.3 Å². The number of hydrogen-bond donors (Lipinski definition) is 1. The van der Waals surface area contributed by atoms with E-state index in [4.69, 9.17) is 0 Å². The van der Waals surface area contributed by atoms with Crippen molar-refractivity contribution in [2.45, 2.75) is 32.7 Å². The number of aromatic nitrogens is 4. The van der Waals surface area contributed by atoms with Gasteiger partial charge in [0, 0.05) is 0 Å². The molecule has 4 aromatic rings. The molecule has 2 heterocycles. The summed E-state index contributed by atoms with van der Waals surface area (Å²) in [5, 5.41) is 4.64. The first-order valence-electron chi connectivity index (χ1n) is 9.73. The highest BCUT2D eigenvalue weighted by molar-refractivity contribution is 5.86. The molecule has 2 aromatic carbocycles. The van der Waals surface area contributed by atoms with Gasteiger partial charge in [-0.1, -0.05) is 54.6 Å². The van der Waals surface area contributed by atoms with E-state index in [-0.39, 0.29) is 23.4 Å². The van der Waals surface area contributed by atoms with E-state index < -0.39 is 0 Å². The van der Waals surface area contributed by atoms with E-state index in [1.165, 1.54) is 12.5 Å². The van der Waals surface area contributed by atoms with Crippen LogP contribution in [0.25, 0.3) is 22.2 Å². The lowest BCUT2D eigenvalue weighted by molar-refractivity contribution is -0.116. The van der Waals surface area contributed by atoms with E-state index >= 15 is 0 Å². The van der Waals surface area contributed by atoms with Crippen LogP contribution in [0.2, 0.25) is 0 Å². The van der Waals surface area contributed by atoms with Crippen LogP contribution in [0.15, 0.2) is 71.9 Å². The molecular formula is C23H23N5O2. The maximum Gasteiger partial charge on any atom is 0.283 e. The molecule has 1 amide bonds. The number of benzene rings is 2.